The smallest absolute Gasteiger partial charge is 0.341 e. The quantitative estimate of drug-likeness (QED) is 0.409. The van der Waals surface area contributed by atoms with E-state index in [0.29, 0.717) is 28.5 Å². The van der Waals surface area contributed by atoms with E-state index in [1.165, 1.54) is 40.6 Å². The van der Waals surface area contributed by atoms with Crippen molar-refractivity contribution < 1.29 is 33.3 Å². The van der Waals surface area contributed by atoms with Crippen LogP contribution in [0.5, 0.6) is 17.2 Å². The van der Waals surface area contributed by atoms with Gasteiger partial charge in [0.2, 0.25) is 5.75 Å². The van der Waals surface area contributed by atoms with E-state index in [1.807, 2.05) is 32.0 Å². The number of methoxy groups -OCH3 is 4. The van der Waals surface area contributed by atoms with Gasteiger partial charge >= 0.3 is 5.97 Å². The van der Waals surface area contributed by atoms with Crippen molar-refractivity contribution in [2.75, 3.05) is 39.1 Å². The number of aryl methyl sites for hydroxylation is 2. The number of carbonyl (C=O) groups is 3. The van der Waals surface area contributed by atoms with E-state index < -0.39 is 17.8 Å². The van der Waals surface area contributed by atoms with Crippen LogP contribution in [0.2, 0.25) is 0 Å². The van der Waals surface area contributed by atoms with Crippen LogP contribution in [0.25, 0.3) is 0 Å². The summed E-state index contributed by atoms with van der Waals surface area (Å²) in [5.41, 5.74) is 3.26. The number of nitrogens with one attached hydrogen (secondary N) is 2. The number of carbonyl (C=O) groups excluding carboxylic acids is 3. The Hall–Kier alpha value is -4.05. The molecule has 0 fully saturated rings. The zero-order chi connectivity index (χ0) is 26.6. The Morgan fingerprint density at radius 3 is 2.00 bits per heavy atom. The monoisotopic (exact) mass is 512 g/mol. The Morgan fingerprint density at radius 1 is 0.806 bits per heavy atom. The van der Waals surface area contributed by atoms with Crippen LogP contribution in [0.4, 0.5) is 10.7 Å². The second-order valence-corrected chi connectivity index (χ2v) is 8.91. The third-order valence-electron chi connectivity index (χ3n) is 5.54. The minimum Gasteiger partial charge on any atom is -0.493 e. The summed E-state index contributed by atoms with van der Waals surface area (Å²) in [6.07, 6.45) is 0. The molecule has 9 nitrogen and oxygen atoms in total. The van der Waals surface area contributed by atoms with Gasteiger partial charge in [0.25, 0.3) is 11.8 Å². The third kappa shape index (κ3) is 5.28. The third-order valence-corrected chi connectivity index (χ3v) is 6.74. The molecule has 0 unspecified atom stereocenters. The Balaban J connectivity index is 1.99. The molecule has 2 aromatic carbocycles. The van der Waals surface area contributed by atoms with E-state index in [-0.39, 0.29) is 21.0 Å². The van der Waals surface area contributed by atoms with Crippen molar-refractivity contribution in [3.05, 3.63) is 63.0 Å². The van der Waals surface area contributed by atoms with Crippen molar-refractivity contribution >= 4 is 39.8 Å². The number of rotatable bonds is 8. The van der Waals surface area contributed by atoms with Gasteiger partial charge in [-0.2, -0.15) is 0 Å². The summed E-state index contributed by atoms with van der Waals surface area (Å²) in [5, 5.41) is 5.81. The molecule has 0 atom stereocenters. The zero-order valence-electron chi connectivity index (χ0n) is 21.2. The average Bonchev–Trinajstić information content (AvgIpc) is 3.20. The van der Waals surface area contributed by atoms with Gasteiger partial charge in [0.05, 0.1) is 38.9 Å². The lowest BCUT2D eigenvalue weighted by Gasteiger charge is -2.14. The first-order valence-corrected chi connectivity index (χ1v) is 11.7. The molecular weight excluding hydrogens is 484 g/mol. The number of anilines is 2. The van der Waals surface area contributed by atoms with E-state index in [4.69, 9.17) is 18.9 Å². The van der Waals surface area contributed by atoms with E-state index in [2.05, 4.69) is 10.6 Å². The topological polar surface area (TPSA) is 112 Å². The molecule has 0 bridgehead atoms. The predicted molar refractivity (Wildman–Crippen MR) is 138 cm³/mol. The molecule has 36 heavy (non-hydrogen) atoms. The molecule has 3 rings (SSSR count). The van der Waals surface area contributed by atoms with E-state index >= 15 is 0 Å². The fourth-order valence-corrected chi connectivity index (χ4v) is 4.69. The number of esters is 1. The van der Waals surface area contributed by atoms with Crippen molar-refractivity contribution in [2.45, 2.75) is 20.8 Å². The first-order valence-electron chi connectivity index (χ1n) is 10.9. The highest BCUT2D eigenvalue weighted by Crippen LogP contribution is 2.39. The van der Waals surface area contributed by atoms with Gasteiger partial charge in [-0.05, 0) is 55.7 Å². The molecule has 0 aliphatic rings. The first kappa shape index (κ1) is 26.6. The number of hydrogen-bond donors (Lipinski definition) is 2. The van der Waals surface area contributed by atoms with Crippen molar-refractivity contribution in [3.63, 3.8) is 0 Å². The summed E-state index contributed by atoms with van der Waals surface area (Å²) in [4.78, 5) is 39.2. The molecule has 2 N–H and O–H groups in total. The highest BCUT2D eigenvalue weighted by molar-refractivity contribution is 7.19. The summed E-state index contributed by atoms with van der Waals surface area (Å²) in [6, 6.07) is 8.71. The average molecular weight is 513 g/mol. The Bertz CT molecular complexity index is 1310. The number of hydrogen-bond acceptors (Lipinski definition) is 8. The summed E-state index contributed by atoms with van der Waals surface area (Å²) in [7, 11) is 5.58. The van der Waals surface area contributed by atoms with Gasteiger partial charge in [0.1, 0.15) is 5.00 Å². The van der Waals surface area contributed by atoms with Gasteiger partial charge < -0.3 is 29.6 Å². The molecule has 0 aliphatic carbocycles. The van der Waals surface area contributed by atoms with Crippen LogP contribution in [0.15, 0.2) is 30.3 Å². The minimum atomic E-state index is -0.672. The van der Waals surface area contributed by atoms with Gasteiger partial charge in [-0.3, -0.25) is 9.59 Å². The number of amides is 2. The molecule has 0 saturated carbocycles. The van der Waals surface area contributed by atoms with Gasteiger partial charge in [-0.1, -0.05) is 12.1 Å². The van der Waals surface area contributed by atoms with Crippen molar-refractivity contribution in [1.82, 2.24) is 0 Å². The fraction of sp³-hybridized carbons (Fsp3) is 0.269. The van der Waals surface area contributed by atoms with Crippen molar-refractivity contribution in [1.29, 1.82) is 0 Å². The lowest BCUT2D eigenvalue weighted by Crippen LogP contribution is -2.15. The van der Waals surface area contributed by atoms with Crippen LogP contribution in [-0.4, -0.2) is 46.2 Å². The summed E-state index contributed by atoms with van der Waals surface area (Å²) < 4.78 is 20.9. The molecule has 0 aliphatic heterocycles. The predicted octanol–water partition coefficient (Wildman–Crippen LogP) is 4.99. The van der Waals surface area contributed by atoms with E-state index in [9.17, 15) is 14.4 Å². The highest BCUT2D eigenvalue weighted by atomic mass is 32.1. The molecule has 0 radical (unpaired) electrons. The maximum atomic E-state index is 13.2. The number of benzene rings is 2. The Labute approximate surface area is 213 Å². The van der Waals surface area contributed by atoms with Crippen molar-refractivity contribution in [2.24, 2.45) is 0 Å². The van der Waals surface area contributed by atoms with Crippen LogP contribution in [0.3, 0.4) is 0 Å². The molecule has 0 spiro atoms. The fourth-order valence-electron chi connectivity index (χ4n) is 3.60. The summed E-state index contributed by atoms with van der Waals surface area (Å²) in [5.74, 6) is -0.678. The lowest BCUT2D eigenvalue weighted by atomic mass is 10.1. The SMILES string of the molecule is COC(=O)c1c(NC(=O)c2cc(OC)c(OC)c(OC)c2)sc(C(=O)Nc2cc(C)ccc2C)c1C. The van der Waals surface area contributed by atoms with Crippen LogP contribution >= 0.6 is 11.3 Å². The maximum absolute atomic E-state index is 13.2. The first-order chi connectivity index (χ1) is 17.1. The molecule has 1 aromatic heterocycles. The normalized spacial score (nSPS) is 10.4. The number of thiophene rings is 1. The second kappa shape index (κ2) is 11.1. The van der Waals surface area contributed by atoms with Crippen LogP contribution in [0, 0.1) is 20.8 Å². The highest BCUT2D eigenvalue weighted by Gasteiger charge is 2.27. The van der Waals surface area contributed by atoms with Crippen LogP contribution in [0.1, 0.15) is 47.1 Å². The molecule has 10 heteroatoms. The number of ether oxygens (including phenoxy) is 4. The van der Waals surface area contributed by atoms with Gasteiger partial charge in [0, 0.05) is 11.3 Å². The Kier molecular flexibility index (Phi) is 8.21. The molecule has 0 saturated heterocycles. The van der Waals surface area contributed by atoms with Crippen molar-refractivity contribution in [3.8, 4) is 17.2 Å². The molecule has 3 aromatic rings. The largest absolute Gasteiger partial charge is 0.493 e. The van der Waals surface area contributed by atoms with E-state index in [1.54, 1.807) is 6.92 Å². The van der Waals surface area contributed by atoms with Crippen LogP contribution in [-0.2, 0) is 4.74 Å². The van der Waals surface area contributed by atoms with Gasteiger partial charge in [-0.25, -0.2) is 4.79 Å². The standard InChI is InChI=1S/C26H28N2O7S/c1-13-8-9-14(2)17(10-13)27-24(30)22-15(3)20(26(31)35-7)25(36-22)28-23(29)16-11-18(32-4)21(34-6)19(12-16)33-5/h8-12H,1-7H3,(H,27,30)(H,28,29). The minimum absolute atomic E-state index is 0.106. The van der Waals surface area contributed by atoms with Crippen LogP contribution < -0.4 is 24.8 Å². The summed E-state index contributed by atoms with van der Waals surface area (Å²) >= 11 is 0.986. The molecular formula is C26H28N2O7S. The zero-order valence-corrected chi connectivity index (χ0v) is 22.0. The molecule has 190 valence electrons. The second-order valence-electron chi connectivity index (χ2n) is 7.89. The molecule has 1 heterocycles. The van der Waals surface area contributed by atoms with Gasteiger partial charge in [-0.15, -0.1) is 11.3 Å². The lowest BCUT2D eigenvalue weighted by molar-refractivity contribution is 0.0601. The molecule has 2 amide bonds. The van der Waals surface area contributed by atoms with Gasteiger partial charge in [0.15, 0.2) is 11.5 Å². The summed E-state index contributed by atoms with van der Waals surface area (Å²) in [6.45, 7) is 5.45. The van der Waals surface area contributed by atoms with E-state index in [0.717, 1.165) is 22.5 Å². The maximum Gasteiger partial charge on any atom is 0.341 e. The Morgan fingerprint density at radius 2 is 1.44 bits per heavy atom.